The zero-order chi connectivity index (χ0) is 30.7. The highest BCUT2D eigenvalue weighted by Gasteiger charge is 2.32. The highest BCUT2D eigenvalue weighted by molar-refractivity contribution is 5.85. The number of hydrogen-bond donors (Lipinski definition) is 4. The molecule has 1 aromatic carbocycles. The molecule has 0 aliphatic carbocycles. The largest absolute Gasteiger partial charge is 0.489 e. The smallest absolute Gasteiger partial charge is 0.224 e. The third kappa shape index (κ3) is 11.4. The van der Waals surface area contributed by atoms with Gasteiger partial charge in [0, 0.05) is 38.6 Å². The predicted octanol–water partition coefficient (Wildman–Crippen LogP) is 3.48. The van der Waals surface area contributed by atoms with E-state index in [1.54, 1.807) is 21.0 Å². The van der Waals surface area contributed by atoms with Crippen molar-refractivity contribution in [2.24, 2.45) is 40.6 Å². The van der Waals surface area contributed by atoms with Gasteiger partial charge in [-0.1, -0.05) is 27.7 Å². The number of hydrogen-bond acceptors (Lipinski definition) is 8. The molecular weight excluding hydrogens is 562 g/mol. The van der Waals surface area contributed by atoms with E-state index in [1.165, 1.54) is 0 Å². The third-order valence-corrected chi connectivity index (χ3v) is 7.94. The van der Waals surface area contributed by atoms with Gasteiger partial charge in [-0.25, -0.2) is 0 Å². The van der Waals surface area contributed by atoms with Gasteiger partial charge in [0.05, 0.1) is 18.1 Å². The van der Waals surface area contributed by atoms with Crippen molar-refractivity contribution in [1.29, 1.82) is 0 Å². The van der Waals surface area contributed by atoms with Crippen LogP contribution in [-0.4, -0.2) is 69.1 Å². The van der Waals surface area contributed by atoms with Crippen LogP contribution in [0.1, 0.15) is 66.4 Å². The van der Waals surface area contributed by atoms with Gasteiger partial charge in [0.25, 0.3) is 0 Å². The fraction of sp³-hybridized carbons (Fsp3) is 0.742. The van der Waals surface area contributed by atoms with Gasteiger partial charge < -0.3 is 40.8 Å². The lowest BCUT2D eigenvalue weighted by Gasteiger charge is -2.31. The van der Waals surface area contributed by atoms with Gasteiger partial charge in [0.1, 0.15) is 13.2 Å². The molecule has 0 unspecified atom stereocenters. The molecule has 4 atom stereocenters. The molecule has 2 amide bonds. The SMILES string of the molecule is COCCCOc1cc(C[C@@H](C[C@H](N)[C@@H](O)C[C@H](C(=O)NCC(C)(C)C(N)=O)C(C)C)C(C)C)cc2c1OCCO2.Cl. The number of benzene rings is 1. The number of nitrogens with two attached hydrogens (primary N) is 2. The Kier molecular flexibility index (Phi) is 16.0. The predicted molar refractivity (Wildman–Crippen MR) is 166 cm³/mol. The number of methoxy groups -OCH3 is 1. The van der Waals surface area contributed by atoms with Crippen molar-refractivity contribution in [3.8, 4) is 17.2 Å². The van der Waals surface area contributed by atoms with Gasteiger partial charge in [-0.05, 0) is 68.6 Å². The standard InChI is InChI=1S/C31H53N3O7.ClH/c1-19(2)22(13-21-14-26(39-10-8-9-38-7)28-27(15-21)40-11-12-41-28)16-24(32)25(35)17-23(20(3)4)29(36)34-18-31(5,6)30(33)37;/h14-15,19-20,22-25,35H,8-13,16-18,32H2,1-7H3,(H2,33,37)(H,34,36);1H/t22-,23-,24-,25-;/m0./s1. The van der Waals surface area contributed by atoms with Crippen LogP contribution in [0.5, 0.6) is 17.2 Å². The van der Waals surface area contributed by atoms with Gasteiger partial charge in [-0.2, -0.15) is 0 Å². The Morgan fingerprint density at radius 3 is 2.33 bits per heavy atom. The van der Waals surface area contributed by atoms with E-state index in [9.17, 15) is 14.7 Å². The second-order valence-corrected chi connectivity index (χ2v) is 12.5. The van der Waals surface area contributed by atoms with E-state index in [1.807, 2.05) is 26.0 Å². The van der Waals surface area contributed by atoms with Crippen molar-refractivity contribution >= 4 is 24.2 Å². The van der Waals surface area contributed by atoms with E-state index in [0.29, 0.717) is 56.0 Å². The summed E-state index contributed by atoms with van der Waals surface area (Å²) in [5.41, 5.74) is 12.2. The second kappa shape index (κ2) is 17.8. The number of carbonyl (C=O) groups is 2. The van der Waals surface area contributed by atoms with Crippen molar-refractivity contribution in [3.63, 3.8) is 0 Å². The van der Waals surface area contributed by atoms with Crippen LogP contribution in [0.25, 0.3) is 0 Å². The topological polar surface area (TPSA) is 155 Å². The molecule has 11 heteroatoms. The monoisotopic (exact) mass is 615 g/mol. The first kappa shape index (κ1) is 37.8. The molecule has 1 aliphatic rings. The van der Waals surface area contributed by atoms with Gasteiger partial charge in [0.2, 0.25) is 17.6 Å². The Balaban J connectivity index is 0.00000882. The van der Waals surface area contributed by atoms with E-state index in [0.717, 1.165) is 18.4 Å². The molecule has 1 heterocycles. The summed E-state index contributed by atoms with van der Waals surface area (Å²) in [6, 6.07) is 3.49. The molecular formula is C31H54ClN3O7. The van der Waals surface area contributed by atoms with Crippen LogP contribution < -0.4 is 31.0 Å². The number of fused-ring (bicyclic) bond motifs is 1. The van der Waals surface area contributed by atoms with Crippen molar-refractivity contribution in [3.05, 3.63) is 17.7 Å². The fourth-order valence-electron chi connectivity index (χ4n) is 4.83. The van der Waals surface area contributed by atoms with Gasteiger partial charge in [0.15, 0.2) is 11.5 Å². The van der Waals surface area contributed by atoms with E-state index >= 15 is 0 Å². The lowest BCUT2D eigenvalue weighted by molar-refractivity contribution is -0.130. The number of carbonyl (C=O) groups excluding carboxylic acids is 2. The summed E-state index contributed by atoms with van der Waals surface area (Å²) in [4.78, 5) is 24.6. The molecule has 42 heavy (non-hydrogen) atoms. The van der Waals surface area contributed by atoms with Gasteiger partial charge in [-0.3, -0.25) is 9.59 Å². The quantitative estimate of drug-likeness (QED) is 0.183. The molecule has 0 saturated carbocycles. The molecule has 0 radical (unpaired) electrons. The van der Waals surface area contributed by atoms with Crippen molar-refractivity contribution < 1.29 is 33.6 Å². The minimum Gasteiger partial charge on any atom is -0.489 e. The molecule has 242 valence electrons. The molecule has 0 saturated heterocycles. The summed E-state index contributed by atoms with van der Waals surface area (Å²) in [7, 11) is 1.66. The lowest BCUT2D eigenvalue weighted by atomic mass is 9.80. The summed E-state index contributed by atoms with van der Waals surface area (Å²) in [6.45, 7) is 13.8. The molecule has 0 aromatic heterocycles. The van der Waals surface area contributed by atoms with E-state index in [4.69, 9.17) is 30.4 Å². The van der Waals surface area contributed by atoms with Crippen LogP contribution >= 0.6 is 12.4 Å². The number of aliphatic hydroxyl groups is 1. The first-order valence-electron chi connectivity index (χ1n) is 14.8. The minimum absolute atomic E-state index is 0. The summed E-state index contributed by atoms with van der Waals surface area (Å²) in [6.07, 6.45) is 1.43. The van der Waals surface area contributed by atoms with Crippen LogP contribution in [0.4, 0.5) is 0 Å². The van der Waals surface area contributed by atoms with E-state index < -0.39 is 29.4 Å². The van der Waals surface area contributed by atoms with Gasteiger partial charge in [-0.15, -0.1) is 12.4 Å². The molecule has 0 spiro atoms. The first-order chi connectivity index (χ1) is 19.3. The fourth-order valence-corrected chi connectivity index (χ4v) is 4.83. The van der Waals surface area contributed by atoms with Crippen LogP contribution in [0, 0.1) is 29.1 Å². The molecule has 6 N–H and O–H groups in total. The van der Waals surface area contributed by atoms with Crippen molar-refractivity contribution in [1.82, 2.24) is 5.32 Å². The number of amides is 2. The Bertz CT molecular complexity index is 990. The number of ether oxygens (including phenoxy) is 4. The number of halogens is 1. The van der Waals surface area contributed by atoms with Crippen LogP contribution in [0.15, 0.2) is 12.1 Å². The Hall–Kier alpha value is -2.27. The maximum atomic E-state index is 13.0. The van der Waals surface area contributed by atoms with Crippen LogP contribution in [0.2, 0.25) is 0 Å². The first-order valence-corrected chi connectivity index (χ1v) is 14.8. The van der Waals surface area contributed by atoms with Crippen LogP contribution in [-0.2, 0) is 20.7 Å². The number of primary amides is 1. The normalized spacial score (nSPS) is 15.9. The summed E-state index contributed by atoms with van der Waals surface area (Å²) in [5, 5.41) is 13.9. The molecule has 1 aromatic rings. The summed E-state index contributed by atoms with van der Waals surface area (Å²) in [5.74, 6) is 1.26. The molecule has 1 aliphatic heterocycles. The Morgan fingerprint density at radius 1 is 1.07 bits per heavy atom. The zero-order valence-corrected chi connectivity index (χ0v) is 27.3. The highest BCUT2D eigenvalue weighted by Crippen LogP contribution is 2.41. The van der Waals surface area contributed by atoms with Gasteiger partial charge >= 0.3 is 0 Å². The average Bonchev–Trinajstić information content (AvgIpc) is 2.91. The average molecular weight is 616 g/mol. The Labute approximate surface area is 258 Å². The number of rotatable bonds is 18. The third-order valence-electron chi connectivity index (χ3n) is 7.94. The molecule has 0 bridgehead atoms. The number of aliphatic hydroxyl groups excluding tert-OH is 1. The molecule has 2 rings (SSSR count). The Morgan fingerprint density at radius 2 is 1.74 bits per heavy atom. The minimum atomic E-state index is -0.863. The van der Waals surface area contributed by atoms with Crippen molar-refractivity contribution in [2.75, 3.05) is 40.1 Å². The van der Waals surface area contributed by atoms with Crippen LogP contribution in [0.3, 0.4) is 0 Å². The van der Waals surface area contributed by atoms with E-state index in [-0.39, 0.29) is 43.1 Å². The summed E-state index contributed by atoms with van der Waals surface area (Å²) >= 11 is 0. The highest BCUT2D eigenvalue weighted by atomic mass is 35.5. The maximum Gasteiger partial charge on any atom is 0.224 e. The maximum absolute atomic E-state index is 13.0. The number of nitrogens with one attached hydrogen (secondary N) is 1. The van der Waals surface area contributed by atoms with E-state index in [2.05, 4.69) is 19.2 Å². The molecule has 10 nitrogen and oxygen atoms in total. The summed E-state index contributed by atoms with van der Waals surface area (Å²) < 4.78 is 22.9. The second-order valence-electron chi connectivity index (χ2n) is 12.5. The zero-order valence-electron chi connectivity index (χ0n) is 26.4. The lowest BCUT2D eigenvalue weighted by Crippen LogP contribution is -2.46. The van der Waals surface area contributed by atoms with Crippen molar-refractivity contribution in [2.45, 2.75) is 79.4 Å². The molecule has 0 fully saturated rings.